The number of esters is 1. The SMILES string of the molecule is CC[N+](C)(CC)CC[C@H](C)OC(=O)c1ccc(Br)o1.[I-]. The third-order valence-electron chi connectivity index (χ3n) is 3.68. The molecule has 0 saturated heterocycles. The third kappa shape index (κ3) is 6.13. The normalized spacial score (nSPS) is 12.7. The van der Waals surface area contributed by atoms with Gasteiger partial charge in [0.25, 0.3) is 0 Å². The Labute approximate surface area is 146 Å². The fourth-order valence-electron chi connectivity index (χ4n) is 1.76. The van der Waals surface area contributed by atoms with E-state index in [-0.39, 0.29) is 35.8 Å². The first-order chi connectivity index (χ1) is 8.90. The topological polar surface area (TPSA) is 39.4 Å². The van der Waals surface area contributed by atoms with Crippen molar-refractivity contribution >= 4 is 21.9 Å². The molecule has 0 bridgehead atoms. The number of nitrogens with zero attached hydrogens (tertiary/aromatic N) is 1. The molecule has 0 aliphatic rings. The summed E-state index contributed by atoms with van der Waals surface area (Å²) < 4.78 is 12.1. The number of carbonyl (C=O) groups is 1. The Morgan fingerprint density at radius 3 is 2.45 bits per heavy atom. The van der Waals surface area contributed by atoms with Gasteiger partial charge in [0.2, 0.25) is 5.76 Å². The first-order valence-corrected chi connectivity index (χ1v) is 7.49. The number of halogens is 2. The number of furan rings is 1. The van der Waals surface area contributed by atoms with Crippen molar-refractivity contribution in [2.45, 2.75) is 33.3 Å². The molecule has 1 atom stereocenters. The van der Waals surface area contributed by atoms with Crippen LogP contribution in [-0.2, 0) is 4.74 Å². The maximum absolute atomic E-state index is 11.8. The highest BCUT2D eigenvalue weighted by molar-refractivity contribution is 9.10. The van der Waals surface area contributed by atoms with E-state index in [1.54, 1.807) is 12.1 Å². The summed E-state index contributed by atoms with van der Waals surface area (Å²) in [4.78, 5) is 11.8. The molecule has 0 saturated carbocycles. The van der Waals surface area contributed by atoms with Crippen LogP contribution in [0, 0.1) is 0 Å². The number of quaternary nitrogens is 1. The highest BCUT2D eigenvalue weighted by Crippen LogP contribution is 2.16. The summed E-state index contributed by atoms with van der Waals surface area (Å²) >= 11 is 3.17. The zero-order valence-corrected chi connectivity index (χ0v) is 16.2. The van der Waals surface area contributed by atoms with Crippen molar-refractivity contribution in [3.05, 3.63) is 22.6 Å². The first-order valence-electron chi connectivity index (χ1n) is 6.70. The van der Waals surface area contributed by atoms with Crippen molar-refractivity contribution in [3.8, 4) is 0 Å². The molecule has 0 radical (unpaired) electrons. The van der Waals surface area contributed by atoms with E-state index in [9.17, 15) is 4.79 Å². The largest absolute Gasteiger partial charge is 1.00 e. The molecule has 0 aliphatic heterocycles. The van der Waals surface area contributed by atoms with Crippen molar-refractivity contribution in [1.82, 2.24) is 0 Å². The summed E-state index contributed by atoms with van der Waals surface area (Å²) in [5, 5.41) is 0. The van der Waals surface area contributed by atoms with E-state index in [4.69, 9.17) is 9.15 Å². The molecule has 0 N–H and O–H groups in total. The lowest BCUT2D eigenvalue weighted by Gasteiger charge is -2.32. The van der Waals surface area contributed by atoms with Gasteiger partial charge in [-0.2, -0.15) is 0 Å². The number of hydrogen-bond donors (Lipinski definition) is 0. The molecule has 4 nitrogen and oxygen atoms in total. The third-order valence-corrected chi connectivity index (χ3v) is 4.11. The Hall–Kier alpha value is -0.0800. The first kappa shape index (κ1) is 19.9. The average Bonchev–Trinajstić information content (AvgIpc) is 2.83. The lowest BCUT2D eigenvalue weighted by molar-refractivity contribution is -0.906. The summed E-state index contributed by atoms with van der Waals surface area (Å²) in [7, 11) is 2.22. The summed E-state index contributed by atoms with van der Waals surface area (Å²) in [6.07, 6.45) is 0.748. The fourth-order valence-corrected chi connectivity index (χ4v) is 2.06. The number of rotatable bonds is 7. The van der Waals surface area contributed by atoms with E-state index in [0.717, 1.165) is 30.5 Å². The smallest absolute Gasteiger partial charge is 0.374 e. The van der Waals surface area contributed by atoms with Gasteiger partial charge in [-0.25, -0.2) is 4.79 Å². The van der Waals surface area contributed by atoms with Crippen LogP contribution in [0.4, 0.5) is 0 Å². The van der Waals surface area contributed by atoms with Crippen LogP contribution in [0.5, 0.6) is 0 Å². The molecule has 6 heteroatoms. The predicted molar refractivity (Wildman–Crippen MR) is 78.0 cm³/mol. The Morgan fingerprint density at radius 2 is 2.00 bits per heavy atom. The minimum atomic E-state index is -0.402. The van der Waals surface area contributed by atoms with Crippen LogP contribution in [0.3, 0.4) is 0 Å². The minimum absolute atomic E-state index is 0. The Balaban J connectivity index is 0.00000361. The molecule has 0 unspecified atom stereocenters. The van der Waals surface area contributed by atoms with Crippen LogP contribution in [0.2, 0.25) is 0 Å². The molecule has 0 fully saturated rings. The van der Waals surface area contributed by atoms with Crippen LogP contribution < -0.4 is 24.0 Å². The van der Waals surface area contributed by atoms with Crippen LogP contribution >= 0.6 is 15.9 Å². The zero-order chi connectivity index (χ0) is 14.5. The summed E-state index contributed by atoms with van der Waals surface area (Å²) in [5.41, 5.74) is 0. The second-order valence-electron chi connectivity index (χ2n) is 5.08. The molecule has 1 heterocycles. The highest BCUT2D eigenvalue weighted by Gasteiger charge is 2.20. The minimum Gasteiger partial charge on any atom is -1.00 e. The van der Waals surface area contributed by atoms with Gasteiger partial charge in [-0.05, 0) is 48.8 Å². The lowest BCUT2D eigenvalue weighted by atomic mass is 10.2. The van der Waals surface area contributed by atoms with E-state index >= 15 is 0 Å². The molecular weight excluding hydrogens is 437 g/mol. The standard InChI is InChI=1S/C14H23BrNO3.HI/c1-5-16(4,6-2)10-9-11(3)18-14(17)12-7-8-13(15)19-12;/h7-8,11H,5-6,9-10H2,1-4H3;1H/q+1;/p-1/t11-;/m0./s1. The summed E-state index contributed by atoms with van der Waals surface area (Å²) in [6.45, 7) is 9.46. The van der Waals surface area contributed by atoms with Crippen molar-refractivity contribution in [3.63, 3.8) is 0 Å². The van der Waals surface area contributed by atoms with Crippen molar-refractivity contribution in [2.75, 3.05) is 26.7 Å². The van der Waals surface area contributed by atoms with Gasteiger partial charge in [-0.15, -0.1) is 0 Å². The molecule has 116 valence electrons. The second-order valence-corrected chi connectivity index (χ2v) is 5.87. The molecule has 0 aliphatic carbocycles. The Morgan fingerprint density at radius 1 is 1.40 bits per heavy atom. The van der Waals surface area contributed by atoms with Crippen LogP contribution in [0.25, 0.3) is 0 Å². The van der Waals surface area contributed by atoms with E-state index in [1.807, 2.05) is 6.92 Å². The quantitative estimate of drug-likeness (QED) is 0.338. The number of carbonyl (C=O) groups excluding carboxylic acids is 1. The van der Waals surface area contributed by atoms with Crippen LogP contribution in [0.1, 0.15) is 37.7 Å². The number of ether oxygens (including phenoxy) is 1. The highest BCUT2D eigenvalue weighted by atomic mass is 127. The average molecular weight is 460 g/mol. The maximum Gasteiger partial charge on any atom is 0.374 e. The second kappa shape index (κ2) is 9.04. The van der Waals surface area contributed by atoms with Crippen molar-refractivity contribution in [1.29, 1.82) is 0 Å². The van der Waals surface area contributed by atoms with Gasteiger partial charge in [0.05, 0.1) is 26.7 Å². The fraction of sp³-hybridized carbons (Fsp3) is 0.643. The molecule has 20 heavy (non-hydrogen) atoms. The molecule has 1 aromatic rings. The van der Waals surface area contributed by atoms with Gasteiger partial charge in [-0.1, -0.05) is 0 Å². The monoisotopic (exact) mass is 459 g/mol. The molecule has 0 aromatic carbocycles. The van der Waals surface area contributed by atoms with Gasteiger partial charge < -0.3 is 37.6 Å². The lowest BCUT2D eigenvalue weighted by Crippen LogP contribution is -3.00. The van der Waals surface area contributed by atoms with Crippen molar-refractivity contribution in [2.24, 2.45) is 0 Å². The van der Waals surface area contributed by atoms with E-state index < -0.39 is 5.97 Å². The Bertz CT molecular complexity index is 418. The van der Waals surface area contributed by atoms with Gasteiger partial charge >= 0.3 is 5.97 Å². The summed E-state index contributed by atoms with van der Waals surface area (Å²) in [6, 6.07) is 3.29. The zero-order valence-electron chi connectivity index (χ0n) is 12.5. The molecule has 0 spiro atoms. The molecule has 0 amide bonds. The maximum atomic E-state index is 11.8. The predicted octanol–water partition coefficient (Wildman–Crippen LogP) is 0.468. The number of hydrogen-bond acceptors (Lipinski definition) is 3. The van der Waals surface area contributed by atoms with Crippen LogP contribution in [-0.4, -0.2) is 43.2 Å². The van der Waals surface area contributed by atoms with Gasteiger partial charge in [-0.3, -0.25) is 0 Å². The summed E-state index contributed by atoms with van der Waals surface area (Å²) in [5.74, 6) is -0.164. The van der Waals surface area contributed by atoms with Gasteiger partial charge in [0.1, 0.15) is 6.10 Å². The van der Waals surface area contributed by atoms with E-state index in [0.29, 0.717) is 4.67 Å². The van der Waals surface area contributed by atoms with E-state index in [1.165, 1.54) is 0 Å². The molecule has 1 rings (SSSR count). The Kier molecular flexibility index (Phi) is 9.01. The van der Waals surface area contributed by atoms with E-state index in [2.05, 4.69) is 36.8 Å². The van der Waals surface area contributed by atoms with Crippen molar-refractivity contribution < 1.29 is 42.4 Å². The van der Waals surface area contributed by atoms with Gasteiger partial charge in [0.15, 0.2) is 4.67 Å². The van der Waals surface area contributed by atoms with Crippen LogP contribution in [0.15, 0.2) is 21.2 Å². The van der Waals surface area contributed by atoms with Gasteiger partial charge in [0, 0.05) is 6.42 Å². The molecular formula is C14H23BrINO3. The molecule has 1 aromatic heterocycles.